The molecule has 0 saturated heterocycles. The van der Waals surface area contributed by atoms with Crippen LogP contribution in [-0.4, -0.2) is 26.1 Å². The van der Waals surface area contributed by atoms with E-state index in [1.807, 2.05) is 0 Å². The molecule has 0 atom stereocenters. The lowest BCUT2D eigenvalue weighted by Gasteiger charge is -1.83. The van der Waals surface area contributed by atoms with E-state index in [0.717, 1.165) is 0 Å². The number of rotatable bonds is 0. The Labute approximate surface area is 37.5 Å². The molecular weight excluding hydrogens is 100 g/mol. The quantitative estimate of drug-likeness (QED) is 0.260. The number of hydrogen-bond acceptors (Lipinski definition) is 6. The van der Waals surface area contributed by atoms with Crippen LogP contribution < -0.4 is 4.96 Å². The Kier molecular flexibility index (Phi) is 0.739. The van der Waals surface area contributed by atoms with Crippen molar-refractivity contribution >= 4 is 0 Å². The fraction of sp³-hybridized carbons (Fsp3) is 0. The molecule has 0 aromatic carbocycles. The predicted octanol–water partition coefficient (Wildman–Crippen LogP) is -2.71. The highest BCUT2D eigenvalue weighted by Gasteiger charge is 1.82. The van der Waals surface area contributed by atoms with E-state index in [1.54, 1.807) is 0 Å². The Hall–Kier alpha value is -1.40. The normalized spacial score (nSPS) is 8.57. The first-order valence-corrected chi connectivity index (χ1v) is 1.38. The molecule has 7 nitrogen and oxygen atoms in total. The second kappa shape index (κ2) is 1.37. The van der Waals surface area contributed by atoms with E-state index >= 15 is 0 Å². The summed E-state index contributed by atoms with van der Waals surface area (Å²) >= 11 is 0. The molecule has 0 radical (unpaired) electrons. The highest BCUT2D eigenvalue weighted by molar-refractivity contribution is 3.83. The number of aromatic nitrogens is 6. The van der Waals surface area contributed by atoms with Gasteiger partial charge in [0.2, 0.25) is 0 Å². The van der Waals surface area contributed by atoms with Crippen molar-refractivity contribution in [2.75, 3.05) is 0 Å². The molecule has 7 heteroatoms. The number of hydrogen-bond donors (Lipinski definition) is 0. The number of nitrogens with zero attached hydrogens (tertiary/aromatic N) is 6. The zero-order chi connectivity index (χ0) is 5.11. The van der Waals surface area contributed by atoms with Gasteiger partial charge in [-0.05, 0) is 4.96 Å². The van der Waals surface area contributed by atoms with Crippen LogP contribution in [0.3, 0.4) is 0 Å². The average Bonchev–Trinajstić information content (AvgIpc) is 1.69. The maximum atomic E-state index is 9.80. The van der Waals surface area contributed by atoms with Gasteiger partial charge in [0.15, 0.2) is 15.6 Å². The highest BCUT2D eigenvalue weighted by atomic mass is 16.5. The fourth-order valence-electron chi connectivity index (χ4n) is 0.140. The van der Waals surface area contributed by atoms with Gasteiger partial charge in [0.05, 0.1) is 0 Å². The first-order chi connectivity index (χ1) is 3.39. The molecule has 0 aliphatic carbocycles. The van der Waals surface area contributed by atoms with Gasteiger partial charge in [-0.2, -0.15) is 0 Å². The van der Waals surface area contributed by atoms with Crippen molar-refractivity contribution in [3.8, 4) is 0 Å². The van der Waals surface area contributed by atoms with Crippen molar-refractivity contribution < 1.29 is 4.96 Å². The van der Waals surface area contributed by atoms with Crippen LogP contribution >= 0.6 is 0 Å². The summed E-state index contributed by atoms with van der Waals surface area (Å²) in [6.07, 6.45) is 0. The summed E-state index contributed by atoms with van der Waals surface area (Å²) in [7, 11) is 0. The van der Waals surface area contributed by atoms with Crippen LogP contribution in [0.15, 0.2) is 0 Å². The minimum atomic E-state index is -0.0347. The topological polar surface area (TPSA) is 91.4 Å². The van der Waals surface area contributed by atoms with Gasteiger partial charge < -0.3 is 5.21 Å². The molecule has 0 amide bonds. The summed E-state index contributed by atoms with van der Waals surface area (Å²) in [5, 5.41) is 24.0. The van der Waals surface area contributed by atoms with E-state index < -0.39 is 0 Å². The van der Waals surface area contributed by atoms with Gasteiger partial charge in [-0.3, -0.25) is 0 Å². The third kappa shape index (κ3) is 0.714. The molecule has 0 aliphatic rings. The van der Waals surface area contributed by atoms with Gasteiger partial charge in [0.1, 0.15) is 10.4 Å². The molecule has 0 bridgehead atoms. The molecule has 0 unspecified atom stereocenters. The van der Waals surface area contributed by atoms with Crippen LogP contribution in [0.2, 0.25) is 0 Å². The first-order valence-electron chi connectivity index (χ1n) is 1.38. The standard InChI is InChI=1S/N6O/c7-6-4-2-1-3-5-6. The largest absolute Gasteiger partial charge is 0.703 e. The highest BCUT2D eigenvalue weighted by Crippen LogP contribution is 1.31. The molecule has 0 N–H and O–H groups in total. The minimum Gasteiger partial charge on any atom is -0.703 e. The van der Waals surface area contributed by atoms with Crippen molar-refractivity contribution in [3.05, 3.63) is 5.21 Å². The Morgan fingerprint density at radius 2 is 1.57 bits per heavy atom. The summed E-state index contributed by atoms with van der Waals surface area (Å²) in [5.74, 6) is 0. The summed E-state index contributed by atoms with van der Waals surface area (Å²) in [6, 6.07) is 0. The van der Waals surface area contributed by atoms with Crippen molar-refractivity contribution in [2.24, 2.45) is 0 Å². The Morgan fingerprint density at radius 3 is 1.86 bits per heavy atom. The minimum absolute atomic E-state index is 0.0347. The van der Waals surface area contributed by atoms with Gasteiger partial charge >= 0.3 is 0 Å². The van der Waals surface area contributed by atoms with Crippen molar-refractivity contribution in [2.45, 2.75) is 0 Å². The smallest absolute Gasteiger partial charge is 0.168 e. The zero-order valence-electron chi connectivity index (χ0n) is 3.09. The van der Waals surface area contributed by atoms with Crippen molar-refractivity contribution in [3.63, 3.8) is 0 Å². The average molecular weight is 100 g/mol. The zero-order valence-corrected chi connectivity index (χ0v) is 3.09. The van der Waals surface area contributed by atoms with E-state index in [1.165, 1.54) is 0 Å². The summed E-state index contributed by atoms with van der Waals surface area (Å²) in [6.45, 7) is 0. The molecule has 1 aromatic rings. The summed E-state index contributed by atoms with van der Waals surface area (Å²) < 4.78 is 0. The Balaban J connectivity index is 3.02. The van der Waals surface area contributed by atoms with E-state index in [0.29, 0.717) is 0 Å². The molecule has 0 spiro atoms. The Morgan fingerprint density at radius 1 is 1.00 bits per heavy atom. The third-order valence-electron chi connectivity index (χ3n) is 0.313. The maximum Gasteiger partial charge on any atom is 0.168 e. The van der Waals surface area contributed by atoms with Crippen molar-refractivity contribution in [1.29, 1.82) is 0 Å². The molecule has 0 fully saturated rings. The maximum absolute atomic E-state index is 9.80. The summed E-state index contributed by atoms with van der Waals surface area (Å²) in [4.78, 5) is -0.0347. The first kappa shape index (κ1) is 3.78. The van der Waals surface area contributed by atoms with E-state index in [-0.39, 0.29) is 4.96 Å². The van der Waals surface area contributed by atoms with Gasteiger partial charge in [-0.15, -0.1) is 0 Å². The predicted molar refractivity (Wildman–Crippen MR) is 14.4 cm³/mol. The van der Waals surface area contributed by atoms with E-state index in [4.69, 9.17) is 0 Å². The molecule has 0 saturated carbocycles. The van der Waals surface area contributed by atoms with Gasteiger partial charge in [0.25, 0.3) is 0 Å². The van der Waals surface area contributed by atoms with Gasteiger partial charge in [0, 0.05) is 0 Å². The molecule has 1 rings (SSSR count). The van der Waals surface area contributed by atoms with Crippen LogP contribution in [0.1, 0.15) is 0 Å². The van der Waals surface area contributed by atoms with Gasteiger partial charge in [-0.1, -0.05) is 0 Å². The molecule has 7 heavy (non-hydrogen) atoms. The second-order valence-electron chi connectivity index (χ2n) is 0.700. The van der Waals surface area contributed by atoms with Crippen LogP contribution in [-0.2, 0) is 0 Å². The lowest BCUT2D eigenvalue weighted by atomic mass is 12.3. The monoisotopic (exact) mass is 100 g/mol. The SMILES string of the molecule is [O-][n+]1nnnnn1. The van der Waals surface area contributed by atoms with Crippen LogP contribution in [0, 0.1) is 5.21 Å². The van der Waals surface area contributed by atoms with Crippen LogP contribution in [0.25, 0.3) is 0 Å². The molecule has 0 aliphatic heterocycles. The lowest BCUT2D eigenvalue weighted by Crippen LogP contribution is -2.38. The third-order valence-corrected chi connectivity index (χ3v) is 0.313. The molecule has 1 heterocycles. The fourth-order valence-corrected chi connectivity index (χ4v) is 0.140. The van der Waals surface area contributed by atoms with Crippen LogP contribution in [0.5, 0.6) is 0 Å². The lowest BCUT2D eigenvalue weighted by molar-refractivity contribution is -0.741. The Bertz CT molecular complexity index is 134. The second-order valence-corrected chi connectivity index (χ2v) is 0.700. The van der Waals surface area contributed by atoms with Crippen molar-refractivity contribution in [1.82, 2.24) is 26.1 Å². The van der Waals surface area contributed by atoms with Crippen LogP contribution in [0.4, 0.5) is 0 Å². The van der Waals surface area contributed by atoms with Gasteiger partial charge in [-0.25, -0.2) is 0 Å². The van der Waals surface area contributed by atoms with E-state index in [2.05, 4.69) is 26.1 Å². The van der Waals surface area contributed by atoms with E-state index in [9.17, 15) is 5.21 Å². The summed E-state index contributed by atoms with van der Waals surface area (Å²) in [5.41, 5.74) is 0. The molecular formula is N6O. The molecule has 36 valence electrons. The molecule has 1 aromatic heterocycles.